The van der Waals surface area contributed by atoms with Crippen LogP contribution in [0.1, 0.15) is 47.5 Å². The standard InChI is InChI=1S/C18H36F3N5O2/c1-8-17(9-2,25-15(27)28-16(3,4)5)12-24-14(22-6)23-10-11-26(7)13-18(19,20)21/h8-13H2,1-7H3,(H,25,27)(H2,22,23,24). The number of carbonyl (C=O) groups excluding carboxylic acids is 1. The SMILES string of the molecule is CCC(CC)(CNC(=NC)NCCN(C)CC(F)(F)F)NC(=O)OC(C)(C)C. The zero-order chi connectivity index (χ0) is 22.0. The number of amides is 1. The van der Waals surface area contributed by atoms with E-state index >= 15 is 0 Å². The normalized spacial score (nSPS) is 13.5. The summed E-state index contributed by atoms with van der Waals surface area (Å²) in [6.45, 7) is 9.27. The van der Waals surface area contributed by atoms with Crippen LogP contribution in [0.5, 0.6) is 0 Å². The van der Waals surface area contributed by atoms with Gasteiger partial charge in [0.15, 0.2) is 5.96 Å². The van der Waals surface area contributed by atoms with Gasteiger partial charge in [-0.2, -0.15) is 13.2 Å². The summed E-state index contributed by atoms with van der Waals surface area (Å²) in [6, 6.07) is 0. The first-order valence-electron chi connectivity index (χ1n) is 9.47. The molecule has 0 fully saturated rings. The number of alkyl halides is 3. The van der Waals surface area contributed by atoms with Crippen LogP contribution in [0.15, 0.2) is 4.99 Å². The largest absolute Gasteiger partial charge is 0.444 e. The molecule has 0 spiro atoms. The van der Waals surface area contributed by atoms with Crippen LogP contribution >= 0.6 is 0 Å². The van der Waals surface area contributed by atoms with Gasteiger partial charge in [-0.25, -0.2) is 4.79 Å². The Morgan fingerprint density at radius 1 is 1.11 bits per heavy atom. The second kappa shape index (κ2) is 11.3. The lowest BCUT2D eigenvalue weighted by Crippen LogP contribution is -2.57. The number of carbonyl (C=O) groups is 1. The van der Waals surface area contributed by atoms with Crippen molar-refractivity contribution in [1.29, 1.82) is 0 Å². The number of guanidine groups is 1. The number of rotatable bonds is 9. The Labute approximate surface area is 166 Å². The van der Waals surface area contributed by atoms with Gasteiger partial charge in [0, 0.05) is 26.7 Å². The van der Waals surface area contributed by atoms with Gasteiger partial charge >= 0.3 is 12.3 Å². The molecule has 0 aliphatic rings. The lowest BCUT2D eigenvalue weighted by Gasteiger charge is -2.34. The predicted octanol–water partition coefficient (Wildman–Crippen LogP) is 2.73. The minimum atomic E-state index is -4.22. The molecular weight excluding hydrogens is 375 g/mol. The van der Waals surface area contributed by atoms with Gasteiger partial charge in [-0.05, 0) is 40.7 Å². The molecule has 0 atom stereocenters. The number of hydrogen-bond acceptors (Lipinski definition) is 4. The van der Waals surface area contributed by atoms with Gasteiger partial charge in [0.1, 0.15) is 5.60 Å². The van der Waals surface area contributed by atoms with Gasteiger partial charge in [0.05, 0.1) is 12.1 Å². The Morgan fingerprint density at radius 2 is 1.68 bits per heavy atom. The first kappa shape index (κ1) is 26.3. The highest BCUT2D eigenvalue weighted by molar-refractivity contribution is 5.79. The maximum Gasteiger partial charge on any atom is 0.408 e. The molecule has 7 nitrogen and oxygen atoms in total. The Morgan fingerprint density at radius 3 is 2.11 bits per heavy atom. The number of halogens is 3. The van der Waals surface area contributed by atoms with Gasteiger partial charge in [-0.3, -0.25) is 9.89 Å². The molecule has 0 aliphatic heterocycles. The van der Waals surface area contributed by atoms with E-state index in [1.165, 1.54) is 11.9 Å². The molecule has 0 aromatic carbocycles. The number of nitrogens with zero attached hydrogens (tertiary/aromatic N) is 2. The molecule has 0 saturated heterocycles. The lowest BCUT2D eigenvalue weighted by atomic mass is 9.93. The molecule has 0 aromatic heterocycles. The van der Waals surface area contributed by atoms with Crippen molar-refractivity contribution in [3.05, 3.63) is 0 Å². The van der Waals surface area contributed by atoms with E-state index in [1.807, 2.05) is 13.8 Å². The number of aliphatic imine (C=N–C) groups is 1. The van der Waals surface area contributed by atoms with Gasteiger partial charge < -0.3 is 20.7 Å². The fraction of sp³-hybridized carbons (Fsp3) is 0.889. The molecule has 1 amide bonds. The van der Waals surface area contributed by atoms with Crippen LogP contribution in [0.25, 0.3) is 0 Å². The highest BCUT2D eigenvalue weighted by Gasteiger charge is 2.31. The summed E-state index contributed by atoms with van der Waals surface area (Å²) in [7, 11) is 2.99. The molecule has 0 bridgehead atoms. The second-order valence-corrected chi connectivity index (χ2v) is 7.82. The minimum Gasteiger partial charge on any atom is -0.444 e. The smallest absolute Gasteiger partial charge is 0.408 e. The topological polar surface area (TPSA) is 78.0 Å². The maximum absolute atomic E-state index is 12.4. The molecule has 0 radical (unpaired) electrons. The third-order valence-corrected chi connectivity index (χ3v) is 4.17. The molecular formula is C18H36F3N5O2. The summed E-state index contributed by atoms with van der Waals surface area (Å²) in [4.78, 5) is 17.4. The summed E-state index contributed by atoms with van der Waals surface area (Å²) < 4.78 is 42.4. The first-order chi connectivity index (χ1) is 12.8. The summed E-state index contributed by atoms with van der Waals surface area (Å²) in [6.07, 6.45) is -3.37. The number of alkyl carbamates (subject to hydrolysis) is 1. The number of hydrogen-bond donors (Lipinski definition) is 3. The Kier molecular flexibility index (Phi) is 10.6. The van der Waals surface area contributed by atoms with Crippen LogP contribution in [0.2, 0.25) is 0 Å². The molecule has 0 rings (SSSR count). The van der Waals surface area contributed by atoms with Crippen LogP contribution < -0.4 is 16.0 Å². The monoisotopic (exact) mass is 411 g/mol. The molecule has 166 valence electrons. The summed E-state index contributed by atoms with van der Waals surface area (Å²) in [5, 5.41) is 9.04. The van der Waals surface area contributed by atoms with Gasteiger partial charge in [-0.15, -0.1) is 0 Å². The van der Waals surface area contributed by atoms with Crippen molar-refractivity contribution in [2.45, 2.75) is 64.8 Å². The molecule has 0 unspecified atom stereocenters. The van der Waals surface area contributed by atoms with Crippen molar-refractivity contribution in [1.82, 2.24) is 20.9 Å². The molecule has 0 heterocycles. The van der Waals surface area contributed by atoms with E-state index in [1.54, 1.807) is 27.8 Å². The van der Waals surface area contributed by atoms with E-state index in [0.29, 0.717) is 31.9 Å². The Balaban J connectivity index is 4.63. The van der Waals surface area contributed by atoms with Crippen LogP contribution in [0.3, 0.4) is 0 Å². The zero-order valence-corrected chi connectivity index (χ0v) is 18.1. The summed E-state index contributed by atoms with van der Waals surface area (Å²) in [5.74, 6) is 0.456. The molecule has 10 heteroatoms. The Bertz CT molecular complexity index is 500. The second-order valence-electron chi connectivity index (χ2n) is 7.82. The zero-order valence-electron chi connectivity index (χ0n) is 18.1. The Hall–Kier alpha value is -1.71. The third-order valence-electron chi connectivity index (χ3n) is 4.17. The fourth-order valence-corrected chi connectivity index (χ4v) is 2.46. The van der Waals surface area contributed by atoms with Crippen LogP contribution in [0, 0.1) is 0 Å². The molecule has 0 saturated carbocycles. The third kappa shape index (κ3) is 11.9. The predicted molar refractivity (Wildman–Crippen MR) is 106 cm³/mol. The maximum atomic E-state index is 12.4. The van der Waals surface area contributed by atoms with E-state index in [2.05, 4.69) is 20.9 Å². The summed E-state index contributed by atoms with van der Waals surface area (Å²) in [5.41, 5.74) is -1.13. The lowest BCUT2D eigenvalue weighted by molar-refractivity contribution is -0.142. The van der Waals surface area contributed by atoms with Crippen molar-refractivity contribution in [3.63, 3.8) is 0 Å². The quantitative estimate of drug-likeness (QED) is 0.402. The first-order valence-corrected chi connectivity index (χ1v) is 9.47. The minimum absolute atomic E-state index is 0.211. The highest BCUT2D eigenvalue weighted by atomic mass is 19.4. The average molecular weight is 412 g/mol. The van der Waals surface area contributed by atoms with Crippen molar-refractivity contribution in [2.24, 2.45) is 4.99 Å². The fourth-order valence-electron chi connectivity index (χ4n) is 2.46. The molecule has 0 aromatic rings. The van der Waals surface area contributed by atoms with E-state index < -0.39 is 30.0 Å². The molecule has 0 aliphatic carbocycles. The molecule has 28 heavy (non-hydrogen) atoms. The highest BCUT2D eigenvalue weighted by Crippen LogP contribution is 2.16. The van der Waals surface area contributed by atoms with Crippen LogP contribution in [-0.4, -0.2) is 74.5 Å². The number of ether oxygens (including phenoxy) is 1. The van der Waals surface area contributed by atoms with E-state index in [-0.39, 0.29) is 6.54 Å². The molecule has 3 N–H and O–H groups in total. The van der Waals surface area contributed by atoms with Crippen molar-refractivity contribution in [3.8, 4) is 0 Å². The van der Waals surface area contributed by atoms with E-state index in [0.717, 1.165) is 0 Å². The average Bonchev–Trinajstić information content (AvgIpc) is 2.53. The van der Waals surface area contributed by atoms with Crippen molar-refractivity contribution < 1.29 is 22.7 Å². The number of likely N-dealkylation sites (N-methyl/N-ethyl adjacent to an activating group) is 1. The van der Waals surface area contributed by atoms with Gasteiger partial charge in [0.2, 0.25) is 0 Å². The van der Waals surface area contributed by atoms with E-state index in [4.69, 9.17) is 4.74 Å². The number of nitrogens with one attached hydrogen (secondary N) is 3. The van der Waals surface area contributed by atoms with Crippen LogP contribution in [-0.2, 0) is 4.74 Å². The summed E-state index contributed by atoms with van der Waals surface area (Å²) >= 11 is 0. The van der Waals surface area contributed by atoms with Crippen LogP contribution in [0.4, 0.5) is 18.0 Å². The van der Waals surface area contributed by atoms with Gasteiger partial charge in [0.25, 0.3) is 0 Å². The van der Waals surface area contributed by atoms with Crippen molar-refractivity contribution in [2.75, 3.05) is 40.3 Å². The van der Waals surface area contributed by atoms with E-state index in [9.17, 15) is 18.0 Å². The van der Waals surface area contributed by atoms with Gasteiger partial charge in [-0.1, -0.05) is 13.8 Å². The van der Waals surface area contributed by atoms with Crippen molar-refractivity contribution >= 4 is 12.1 Å².